The zero-order valence-electron chi connectivity index (χ0n) is 57.0. The summed E-state index contributed by atoms with van der Waals surface area (Å²) in [5.74, 6) is -17.5. The summed E-state index contributed by atoms with van der Waals surface area (Å²) >= 11 is 0. The number of carbonyl (C=O) groups excluding carboxylic acids is 14. The van der Waals surface area contributed by atoms with Gasteiger partial charge in [0.25, 0.3) is 0 Å². The van der Waals surface area contributed by atoms with Gasteiger partial charge in [0.2, 0.25) is 82.7 Å². The van der Waals surface area contributed by atoms with Crippen molar-refractivity contribution in [2.75, 3.05) is 26.2 Å². The van der Waals surface area contributed by atoms with E-state index in [1.165, 1.54) is 23.6 Å². The van der Waals surface area contributed by atoms with Crippen LogP contribution in [-0.4, -0.2) is 235 Å². The number of hydrogen-bond acceptors (Lipinski definition) is 19. The number of carbonyl (C=O) groups is 17. The first-order valence-corrected chi connectivity index (χ1v) is 33.2. The van der Waals surface area contributed by atoms with Gasteiger partial charge >= 0.3 is 17.9 Å². The third-order valence-corrected chi connectivity index (χ3v) is 17.0. The number of carboxylic acid groups (broad SMARTS) is 3. The molecule has 3 aliphatic heterocycles. The lowest BCUT2D eigenvalue weighted by Crippen LogP contribution is -2.61. The third-order valence-electron chi connectivity index (χ3n) is 17.0. The van der Waals surface area contributed by atoms with Gasteiger partial charge in [-0.25, -0.2) is 4.79 Å². The average Bonchev–Trinajstić information content (AvgIpc) is 1.60. The van der Waals surface area contributed by atoms with Crippen molar-refractivity contribution in [3.63, 3.8) is 0 Å². The lowest BCUT2D eigenvalue weighted by Gasteiger charge is -2.33. The first-order valence-electron chi connectivity index (χ1n) is 33.2. The molecule has 36 heteroatoms. The van der Waals surface area contributed by atoms with E-state index in [9.17, 15) is 96.8 Å². The fourth-order valence-corrected chi connectivity index (χ4v) is 11.5. The molecule has 0 aromatic rings. The van der Waals surface area contributed by atoms with Crippen LogP contribution in [0.25, 0.3) is 0 Å². The average molecular weight is 1390 g/mol. The molecule has 20 N–H and O–H groups in total. The number of nitrogens with zero attached hydrogens (tertiary/aromatic N) is 3. The van der Waals surface area contributed by atoms with Gasteiger partial charge in [-0.05, 0) is 122 Å². The highest BCUT2D eigenvalue weighted by atomic mass is 16.4. The summed E-state index contributed by atoms with van der Waals surface area (Å²) in [4.78, 5) is 228. The Morgan fingerprint density at radius 1 is 0.418 bits per heavy atom. The van der Waals surface area contributed by atoms with Crippen molar-refractivity contribution in [1.29, 1.82) is 0 Å². The minimum Gasteiger partial charge on any atom is -0.481 e. The second-order valence-corrected chi connectivity index (χ2v) is 26.2. The summed E-state index contributed by atoms with van der Waals surface area (Å²) in [6, 6.07) is -17.5. The van der Waals surface area contributed by atoms with Gasteiger partial charge in [0.05, 0.1) is 12.5 Å². The summed E-state index contributed by atoms with van der Waals surface area (Å²) < 4.78 is 0. The summed E-state index contributed by atoms with van der Waals surface area (Å²) in [6.07, 6.45) is -1.02. The molecule has 13 atom stereocenters. The van der Waals surface area contributed by atoms with Crippen LogP contribution in [0.15, 0.2) is 0 Å². The summed E-state index contributed by atoms with van der Waals surface area (Å²) in [5, 5.41) is 51.0. The normalized spacial score (nSPS) is 19.0. The minimum absolute atomic E-state index is 0.0139. The molecule has 3 aliphatic rings. The van der Waals surface area contributed by atoms with E-state index in [0.717, 1.165) is 4.90 Å². The molecule has 0 bridgehead atoms. The molecule has 0 aromatic heterocycles. The van der Waals surface area contributed by atoms with E-state index in [1.807, 2.05) is 5.32 Å². The fourth-order valence-electron chi connectivity index (χ4n) is 11.5. The molecular formula is C62H102N16O20. The van der Waals surface area contributed by atoms with E-state index in [-0.39, 0.29) is 89.9 Å². The number of nitrogens with one attached hydrogen (secondary N) is 9. The zero-order valence-corrected chi connectivity index (χ0v) is 57.0. The van der Waals surface area contributed by atoms with Crippen LogP contribution < -0.4 is 70.8 Å². The molecule has 0 unspecified atom stereocenters. The second-order valence-electron chi connectivity index (χ2n) is 26.2. The van der Waals surface area contributed by atoms with Gasteiger partial charge in [-0.2, -0.15) is 0 Å². The lowest BCUT2D eigenvalue weighted by molar-refractivity contribution is -0.147. The second kappa shape index (κ2) is 40.0. The van der Waals surface area contributed by atoms with Crippen LogP contribution in [0.3, 0.4) is 0 Å². The molecule has 3 fully saturated rings. The molecule has 98 heavy (non-hydrogen) atoms. The van der Waals surface area contributed by atoms with Crippen LogP contribution in [0.1, 0.15) is 165 Å². The van der Waals surface area contributed by atoms with Gasteiger partial charge in [-0.15, -0.1) is 0 Å². The SMILES string of the molecule is CC(C)C[C@H](NC(=O)[C@@H]1CCCN1C(=O)[C@@H](NC(=O)[C@@H]1CCCN1C(=O)[C@H](CCC(=O)O)NC(=O)[C@H](C)NC(=O)[C@H](C)NC(=O)[C@@H]1CCCN1C(=O)[C@@H](N)CCC(N)=O)C(C)C)C(=O)N[C@H](C(=O)N[C@@H](CCCCN)C(=O)N[C@@H](CCC(N)=O)C(=O)N[C@@H](CC(=O)O)C(=O)O)C(C)C. The number of likely N-dealkylation sites (tertiary alicyclic amines) is 3. The number of aliphatic carboxylic acids is 3. The van der Waals surface area contributed by atoms with E-state index in [2.05, 4.69) is 42.5 Å². The van der Waals surface area contributed by atoms with Crippen LogP contribution in [0.5, 0.6) is 0 Å². The number of amides is 14. The molecule has 550 valence electrons. The summed E-state index contributed by atoms with van der Waals surface area (Å²) in [5.41, 5.74) is 22.2. The monoisotopic (exact) mass is 1390 g/mol. The quantitative estimate of drug-likeness (QED) is 0.0255. The number of nitrogens with two attached hydrogens (primary N) is 4. The standard InChI is InChI=1S/C62H102N16O20/c1-30(2)28-39(54(89)74-48(31(3)4)58(93)70-36(14-9-10-24-63)52(87)69-37(19-22-45(66)80)53(88)73-40(62(97)98)29-47(83)84)72-56(91)42-16-13-27-78(42)61(96)49(32(5)6)75-57(92)43-17-12-26-77(43)60(95)38(20-23-46(81)82)71-51(86)34(8)67-50(85)33(7)68-55(90)41-15-11-25-76(41)59(94)35(64)18-21-44(65)79/h30-43,48-49H,9-29,63-64H2,1-8H3,(H2,65,79)(H2,66,80)(H,67,85)(H,68,90)(H,69,87)(H,70,93)(H,71,86)(H,72,91)(H,73,88)(H,74,89)(H,75,92)(H,81,82)(H,83,84)(H,97,98)/t33-,34-,35-,36-,37-,38-,39-,40-,41-,42-,43-,48-,49-/m0/s1. The molecule has 3 saturated heterocycles. The van der Waals surface area contributed by atoms with Crippen molar-refractivity contribution in [3.8, 4) is 0 Å². The Morgan fingerprint density at radius 2 is 0.847 bits per heavy atom. The first kappa shape index (κ1) is 83.1. The Labute approximate surface area is 568 Å². The number of carboxylic acids is 3. The predicted molar refractivity (Wildman–Crippen MR) is 347 cm³/mol. The predicted octanol–water partition coefficient (Wildman–Crippen LogP) is -4.87. The maximum absolute atomic E-state index is 14.6. The van der Waals surface area contributed by atoms with Gasteiger partial charge in [0.1, 0.15) is 72.5 Å². The molecular weight excluding hydrogens is 1290 g/mol. The Morgan fingerprint density at radius 3 is 1.34 bits per heavy atom. The molecule has 0 aromatic carbocycles. The minimum atomic E-state index is -1.92. The Bertz CT molecular complexity index is 2910. The van der Waals surface area contributed by atoms with Gasteiger partial charge in [0, 0.05) is 38.9 Å². The largest absolute Gasteiger partial charge is 0.481 e. The summed E-state index contributed by atoms with van der Waals surface area (Å²) in [6.45, 7) is 13.1. The number of primary amides is 2. The molecule has 0 saturated carbocycles. The van der Waals surface area contributed by atoms with Crippen molar-refractivity contribution < 1.29 is 96.8 Å². The number of rotatable bonds is 41. The highest BCUT2D eigenvalue weighted by Crippen LogP contribution is 2.25. The fraction of sp³-hybridized carbons (Fsp3) is 0.726. The number of hydrogen-bond donors (Lipinski definition) is 16. The van der Waals surface area contributed by atoms with Gasteiger partial charge in [-0.3, -0.25) is 76.7 Å². The maximum atomic E-state index is 14.6. The molecule has 36 nitrogen and oxygen atoms in total. The molecule has 14 amide bonds. The van der Waals surface area contributed by atoms with Crippen LogP contribution >= 0.6 is 0 Å². The Hall–Kier alpha value is -9.09. The van der Waals surface area contributed by atoms with Crippen LogP contribution in [0.2, 0.25) is 0 Å². The maximum Gasteiger partial charge on any atom is 0.326 e. The van der Waals surface area contributed by atoms with Crippen LogP contribution in [0.4, 0.5) is 0 Å². The lowest BCUT2D eigenvalue weighted by atomic mass is 9.98. The van der Waals surface area contributed by atoms with E-state index in [4.69, 9.17) is 22.9 Å². The topological polar surface area (TPSA) is 573 Å². The third kappa shape index (κ3) is 26.1. The highest BCUT2D eigenvalue weighted by Gasteiger charge is 2.45. The van der Waals surface area contributed by atoms with E-state index in [0.29, 0.717) is 19.3 Å². The van der Waals surface area contributed by atoms with Crippen molar-refractivity contribution in [3.05, 3.63) is 0 Å². The number of unbranched alkanes of at least 4 members (excludes halogenated alkanes) is 1. The molecule has 3 heterocycles. The van der Waals surface area contributed by atoms with E-state index in [1.54, 1.807) is 41.5 Å². The smallest absolute Gasteiger partial charge is 0.326 e. The van der Waals surface area contributed by atoms with Gasteiger partial charge < -0.3 is 101 Å². The van der Waals surface area contributed by atoms with Crippen molar-refractivity contribution in [2.45, 2.75) is 243 Å². The molecule has 0 spiro atoms. The Kier molecular flexibility index (Phi) is 33.9. The van der Waals surface area contributed by atoms with E-state index < -0.39 is 223 Å². The van der Waals surface area contributed by atoms with Crippen molar-refractivity contribution in [1.82, 2.24) is 62.6 Å². The molecule has 0 radical (unpaired) electrons. The molecule has 0 aliphatic carbocycles. The van der Waals surface area contributed by atoms with Gasteiger partial charge in [-0.1, -0.05) is 41.5 Å². The van der Waals surface area contributed by atoms with Crippen molar-refractivity contribution >= 4 is 101 Å². The molecule has 3 rings (SSSR count). The first-order chi connectivity index (χ1) is 45.9. The van der Waals surface area contributed by atoms with Crippen molar-refractivity contribution in [2.24, 2.45) is 40.7 Å². The zero-order chi connectivity index (χ0) is 74.0. The Balaban J connectivity index is 1.76. The van der Waals surface area contributed by atoms with Crippen LogP contribution in [0, 0.1) is 17.8 Å². The van der Waals surface area contributed by atoms with E-state index >= 15 is 0 Å². The van der Waals surface area contributed by atoms with Gasteiger partial charge in [0.15, 0.2) is 0 Å². The highest BCUT2D eigenvalue weighted by molar-refractivity contribution is 6.00. The van der Waals surface area contributed by atoms with Crippen LogP contribution in [-0.2, 0) is 81.5 Å². The summed E-state index contributed by atoms with van der Waals surface area (Å²) in [7, 11) is 0.